The maximum atomic E-state index is 12.7. The fraction of sp³-hybridized carbons (Fsp3) is 0.238. The highest BCUT2D eigenvalue weighted by molar-refractivity contribution is 5.79. The van der Waals surface area contributed by atoms with Crippen LogP contribution in [0, 0.1) is 10.1 Å². The van der Waals surface area contributed by atoms with Crippen molar-refractivity contribution in [2.75, 3.05) is 31.1 Å². The van der Waals surface area contributed by atoms with E-state index in [2.05, 4.69) is 5.10 Å². The summed E-state index contributed by atoms with van der Waals surface area (Å²) in [5.41, 5.74) is 2.51. The van der Waals surface area contributed by atoms with E-state index in [-0.39, 0.29) is 22.9 Å². The van der Waals surface area contributed by atoms with Crippen LogP contribution in [-0.2, 0) is 11.2 Å². The van der Waals surface area contributed by atoms with Gasteiger partial charge >= 0.3 is 0 Å². The van der Waals surface area contributed by atoms with E-state index < -0.39 is 0 Å². The fourth-order valence-electron chi connectivity index (χ4n) is 3.54. The van der Waals surface area contributed by atoms with Gasteiger partial charge in [-0.15, -0.1) is 0 Å². The number of nitrogens with zero attached hydrogens (tertiary/aromatic N) is 5. The number of nitro benzene ring substituents is 1. The number of benzene rings is 2. The lowest BCUT2D eigenvalue weighted by Gasteiger charge is -2.35. The molecule has 2 aromatic carbocycles. The Kier molecular flexibility index (Phi) is 5.24. The molecule has 0 unspecified atom stereocenters. The average molecular weight is 391 g/mol. The summed E-state index contributed by atoms with van der Waals surface area (Å²) in [6.45, 7) is 2.22. The molecular formula is C21H21N5O3. The Labute approximate surface area is 168 Å². The van der Waals surface area contributed by atoms with Gasteiger partial charge in [-0.25, -0.2) is 4.68 Å². The first kappa shape index (κ1) is 18.7. The summed E-state index contributed by atoms with van der Waals surface area (Å²) in [7, 11) is 0. The van der Waals surface area contributed by atoms with Crippen LogP contribution in [0.25, 0.3) is 5.69 Å². The Hall–Kier alpha value is -3.68. The van der Waals surface area contributed by atoms with Crippen LogP contribution in [0.1, 0.15) is 5.56 Å². The van der Waals surface area contributed by atoms with E-state index in [1.165, 1.54) is 6.07 Å². The number of amides is 1. The minimum Gasteiger partial charge on any atom is -0.362 e. The van der Waals surface area contributed by atoms with Crippen molar-refractivity contribution in [2.24, 2.45) is 0 Å². The Morgan fingerprint density at radius 2 is 1.69 bits per heavy atom. The number of piperazine rings is 1. The number of rotatable bonds is 5. The standard InChI is InChI=1S/C21H21N5O3/c27-21(14-17-15-22-25(16-17)18-6-2-1-3-7-18)24-12-10-23(11-13-24)19-8-4-5-9-20(19)26(28)29/h1-9,15-16H,10-14H2. The van der Waals surface area contributed by atoms with Crippen LogP contribution in [0.5, 0.6) is 0 Å². The molecule has 29 heavy (non-hydrogen) atoms. The Balaban J connectivity index is 1.36. The lowest BCUT2D eigenvalue weighted by Crippen LogP contribution is -2.49. The van der Waals surface area contributed by atoms with Crippen molar-refractivity contribution in [1.82, 2.24) is 14.7 Å². The summed E-state index contributed by atoms with van der Waals surface area (Å²) in [6.07, 6.45) is 3.88. The maximum absolute atomic E-state index is 12.7. The van der Waals surface area contributed by atoms with Crippen LogP contribution in [0.4, 0.5) is 11.4 Å². The van der Waals surface area contributed by atoms with Gasteiger partial charge in [-0.05, 0) is 23.8 Å². The van der Waals surface area contributed by atoms with E-state index in [9.17, 15) is 14.9 Å². The molecule has 8 heteroatoms. The quantitative estimate of drug-likeness (QED) is 0.493. The second kappa shape index (κ2) is 8.14. The SMILES string of the molecule is O=C(Cc1cnn(-c2ccccc2)c1)N1CCN(c2ccccc2[N+](=O)[O-])CC1. The first-order valence-corrected chi connectivity index (χ1v) is 9.47. The molecule has 0 saturated carbocycles. The van der Waals surface area contributed by atoms with Gasteiger partial charge in [-0.2, -0.15) is 5.10 Å². The molecule has 148 valence electrons. The maximum Gasteiger partial charge on any atom is 0.292 e. The molecule has 0 atom stereocenters. The molecule has 8 nitrogen and oxygen atoms in total. The van der Waals surface area contributed by atoms with E-state index in [1.807, 2.05) is 46.3 Å². The fourth-order valence-corrected chi connectivity index (χ4v) is 3.54. The molecule has 1 aromatic heterocycles. The van der Waals surface area contributed by atoms with Crippen LogP contribution in [0.15, 0.2) is 67.0 Å². The number of carbonyl (C=O) groups is 1. The van der Waals surface area contributed by atoms with Gasteiger partial charge < -0.3 is 9.80 Å². The Bertz CT molecular complexity index is 1010. The number of carbonyl (C=O) groups excluding carboxylic acids is 1. The van der Waals surface area contributed by atoms with Gasteiger partial charge in [0, 0.05) is 38.4 Å². The summed E-state index contributed by atoms with van der Waals surface area (Å²) >= 11 is 0. The van der Waals surface area contributed by atoms with Crippen LogP contribution >= 0.6 is 0 Å². The van der Waals surface area contributed by atoms with Gasteiger partial charge in [0.05, 0.1) is 23.2 Å². The monoisotopic (exact) mass is 391 g/mol. The second-order valence-electron chi connectivity index (χ2n) is 6.92. The first-order valence-electron chi connectivity index (χ1n) is 9.47. The van der Waals surface area contributed by atoms with Gasteiger partial charge in [0.15, 0.2) is 0 Å². The molecule has 0 bridgehead atoms. The highest BCUT2D eigenvalue weighted by Gasteiger charge is 2.25. The van der Waals surface area contributed by atoms with E-state index in [0.29, 0.717) is 31.9 Å². The third-order valence-electron chi connectivity index (χ3n) is 5.06. The van der Waals surface area contributed by atoms with Crippen molar-refractivity contribution in [3.63, 3.8) is 0 Å². The lowest BCUT2D eigenvalue weighted by molar-refractivity contribution is -0.384. The van der Waals surface area contributed by atoms with Gasteiger partial charge in [0.25, 0.3) is 5.69 Å². The number of nitro groups is 1. The smallest absolute Gasteiger partial charge is 0.292 e. The largest absolute Gasteiger partial charge is 0.362 e. The van der Waals surface area contributed by atoms with Crippen molar-refractivity contribution < 1.29 is 9.72 Å². The van der Waals surface area contributed by atoms with Crippen molar-refractivity contribution in [2.45, 2.75) is 6.42 Å². The summed E-state index contributed by atoms with van der Waals surface area (Å²) in [5.74, 6) is 0.0415. The minimum absolute atomic E-state index is 0.0415. The third kappa shape index (κ3) is 4.11. The number of aromatic nitrogens is 2. The Morgan fingerprint density at radius 1 is 1.00 bits per heavy atom. The van der Waals surface area contributed by atoms with Gasteiger partial charge in [0.1, 0.15) is 5.69 Å². The highest BCUT2D eigenvalue weighted by atomic mass is 16.6. The van der Waals surface area contributed by atoms with Gasteiger partial charge in [-0.3, -0.25) is 14.9 Å². The van der Waals surface area contributed by atoms with Crippen LogP contribution in [0.3, 0.4) is 0 Å². The molecule has 1 aliphatic heterocycles. The number of hydrogen-bond acceptors (Lipinski definition) is 5. The van der Waals surface area contributed by atoms with Gasteiger partial charge in [0.2, 0.25) is 5.91 Å². The number of anilines is 1. The summed E-state index contributed by atoms with van der Waals surface area (Å²) in [6, 6.07) is 16.5. The molecule has 1 amide bonds. The zero-order valence-corrected chi connectivity index (χ0v) is 15.8. The topological polar surface area (TPSA) is 84.5 Å². The molecule has 4 rings (SSSR count). The summed E-state index contributed by atoms with van der Waals surface area (Å²) in [4.78, 5) is 27.4. The molecule has 0 aliphatic carbocycles. The molecule has 0 radical (unpaired) electrons. The minimum atomic E-state index is -0.364. The summed E-state index contributed by atoms with van der Waals surface area (Å²) in [5, 5.41) is 15.6. The lowest BCUT2D eigenvalue weighted by atomic mass is 10.2. The molecule has 3 aromatic rings. The van der Waals surface area contributed by atoms with E-state index in [4.69, 9.17) is 0 Å². The highest BCUT2D eigenvalue weighted by Crippen LogP contribution is 2.28. The van der Waals surface area contributed by atoms with E-state index in [0.717, 1.165) is 11.3 Å². The van der Waals surface area contributed by atoms with Crippen LogP contribution < -0.4 is 4.90 Å². The normalized spacial score (nSPS) is 14.1. The zero-order valence-electron chi connectivity index (χ0n) is 15.8. The van der Waals surface area contributed by atoms with E-state index in [1.54, 1.807) is 29.1 Å². The molecule has 1 fully saturated rings. The molecule has 0 spiro atoms. The second-order valence-corrected chi connectivity index (χ2v) is 6.92. The van der Waals surface area contributed by atoms with Crippen LogP contribution in [0.2, 0.25) is 0 Å². The third-order valence-corrected chi connectivity index (χ3v) is 5.06. The molecule has 2 heterocycles. The number of para-hydroxylation sites is 3. The molecule has 0 N–H and O–H groups in total. The van der Waals surface area contributed by atoms with Gasteiger partial charge in [-0.1, -0.05) is 30.3 Å². The van der Waals surface area contributed by atoms with Crippen molar-refractivity contribution in [1.29, 1.82) is 0 Å². The predicted molar refractivity (Wildman–Crippen MR) is 109 cm³/mol. The molecular weight excluding hydrogens is 370 g/mol. The van der Waals surface area contributed by atoms with Crippen molar-refractivity contribution in [3.8, 4) is 5.69 Å². The predicted octanol–water partition coefficient (Wildman–Crippen LogP) is 2.67. The zero-order chi connectivity index (χ0) is 20.2. The summed E-state index contributed by atoms with van der Waals surface area (Å²) < 4.78 is 1.76. The first-order chi connectivity index (χ1) is 14.1. The van der Waals surface area contributed by atoms with Crippen LogP contribution in [-0.4, -0.2) is 51.7 Å². The van der Waals surface area contributed by atoms with E-state index >= 15 is 0 Å². The Morgan fingerprint density at radius 3 is 2.41 bits per heavy atom. The molecule has 1 aliphatic rings. The molecule has 1 saturated heterocycles. The van der Waals surface area contributed by atoms with Crippen molar-refractivity contribution >= 4 is 17.3 Å². The van der Waals surface area contributed by atoms with Crippen molar-refractivity contribution in [3.05, 3.63) is 82.7 Å². The number of hydrogen-bond donors (Lipinski definition) is 0. The average Bonchev–Trinajstić information content (AvgIpc) is 3.23.